The van der Waals surface area contributed by atoms with Gasteiger partial charge in [0.2, 0.25) is 10.4 Å². The number of thiazole rings is 1. The third-order valence-electron chi connectivity index (χ3n) is 6.82. The summed E-state index contributed by atoms with van der Waals surface area (Å²) in [5, 5.41) is 20.7. The number of oxime groups is 1. The highest BCUT2D eigenvalue weighted by molar-refractivity contribution is 7.80. The number of hydrogen-bond donors (Lipinski definition) is 5. The number of anilines is 2. The summed E-state index contributed by atoms with van der Waals surface area (Å²) in [6.45, 7) is 3.29. The molecule has 20 heteroatoms. The van der Waals surface area contributed by atoms with Crippen molar-refractivity contribution in [2.75, 3.05) is 30.7 Å². The molecule has 18 nitrogen and oxygen atoms in total. The van der Waals surface area contributed by atoms with Crippen molar-refractivity contribution in [3.63, 3.8) is 0 Å². The number of nitrogens with two attached hydrogens (primary N) is 2. The van der Waals surface area contributed by atoms with Gasteiger partial charge >= 0.3 is 5.97 Å². The Balaban J connectivity index is 1.44. The molecule has 1 fully saturated rings. The van der Waals surface area contributed by atoms with E-state index in [9.17, 15) is 32.5 Å². The molecule has 47 heavy (non-hydrogen) atoms. The number of β-lactam (4-membered cyclic amide) rings is 1. The predicted molar refractivity (Wildman–Crippen MR) is 165 cm³/mol. The summed E-state index contributed by atoms with van der Waals surface area (Å²) in [5.74, 6) is -2.30. The zero-order valence-electron chi connectivity index (χ0n) is 25.3. The first-order chi connectivity index (χ1) is 22.1. The molecule has 7 N–H and O–H groups in total. The van der Waals surface area contributed by atoms with Gasteiger partial charge in [-0.3, -0.25) is 14.9 Å². The number of carboxylic acid groups (broad SMARTS) is 1. The first-order valence-corrected chi connectivity index (χ1v) is 16.0. The van der Waals surface area contributed by atoms with Crippen LogP contribution in [0.1, 0.15) is 19.5 Å². The summed E-state index contributed by atoms with van der Waals surface area (Å²) in [4.78, 5) is 46.8. The third kappa shape index (κ3) is 8.48. The predicted octanol–water partition coefficient (Wildman–Crippen LogP) is -0.662. The number of aliphatic carboxylic acids is 1. The Morgan fingerprint density at radius 3 is 2.47 bits per heavy atom. The lowest BCUT2D eigenvalue weighted by molar-refractivity contribution is -0.656. The van der Waals surface area contributed by atoms with Crippen molar-refractivity contribution >= 4 is 56.2 Å². The standard InChI is InChI=1S/C27H32N8O10S2/c1-27(2)22(24(37)35(27)45-47(40,41)42)32-23(36)21(18-14-46-26(29)31-18)33-44-19(25(38)39)13-43-17-7-4-15(5-8-17)16-6-9-20(30-11-10-28)34(3)12-16/h4-9,12,14,19,22H,10-11,13,28H2,1-3H3,(H5,29,31,32,36,38,39,40,41,42)/b33-21-/t19?,22-/m1/s1. The number of nitrogens with one attached hydrogen (secondary N) is 2. The minimum Gasteiger partial charge on any atom is -0.724 e. The molecule has 1 aliphatic heterocycles. The van der Waals surface area contributed by atoms with Crippen molar-refractivity contribution in [2.24, 2.45) is 17.9 Å². The molecule has 0 radical (unpaired) electrons. The zero-order chi connectivity index (χ0) is 34.5. The Kier molecular flexibility index (Phi) is 10.6. The fourth-order valence-electron chi connectivity index (χ4n) is 4.36. The van der Waals surface area contributed by atoms with Gasteiger partial charge in [0.1, 0.15) is 24.1 Å². The van der Waals surface area contributed by atoms with E-state index in [1.165, 1.54) is 19.2 Å². The van der Waals surface area contributed by atoms with Crippen molar-refractivity contribution in [1.29, 1.82) is 0 Å². The second-order valence-electron chi connectivity index (χ2n) is 10.6. The maximum absolute atomic E-state index is 13.2. The number of pyridine rings is 1. The normalized spacial score (nSPS) is 16.6. The zero-order valence-corrected chi connectivity index (χ0v) is 26.9. The third-order valence-corrected chi connectivity index (χ3v) is 7.82. The van der Waals surface area contributed by atoms with Crippen LogP contribution in [0.2, 0.25) is 0 Å². The fourth-order valence-corrected chi connectivity index (χ4v) is 5.35. The molecule has 1 aromatic carbocycles. The maximum atomic E-state index is 13.2. The molecule has 4 rings (SSSR count). The number of carbonyl (C=O) groups is 3. The minimum absolute atomic E-state index is 0.0512. The Hall–Kier alpha value is -4.89. The van der Waals surface area contributed by atoms with E-state index in [4.69, 9.17) is 21.0 Å². The van der Waals surface area contributed by atoms with Crippen molar-refractivity contribution in [3.05, 3.63) is 53.7 Å². The van der Waals surface area contributed by atoms with Gasteiger partial charge < -0.3 is 36.0 Å². The van der Waals surface area contributed by atoms with Crippen LogP contribution in [0.25, 0.3) is 11.1 Å². The number of aryl methyl sites for hydroxylation is 1. The summed E-state index contributed by atoms with van der Waals surface area (Å²) < 4.78 is 44.7. The number of hydroxylamine groups is 2. The summed E-state index contributed by atoms with van der Waals surface area (Å²) in [5.41, 5.74) is 10.9. The van der Waals surface area contributed by atoms with Gasteiger partial charge in [-0.25, -0.2) is 22.8 Å². The molecule has 2 atom stereocenters. The van der Waals surface area contributed by atoms with Crippen molar-refractivity contribution < 1.29 is 50.9 Å². The quantitative estimate of drug-likeness (QED) is 0.0331. The first-order valence-electron chi connectivity index (χ1n) is 13.8. The SMILES string of the molecule is C[n+]1cc(-c2ccc(OCC(O/N=C(\C(=O)N[C@@H]3C(=O)N(OS(=O)(=O)[O-])C3(C)C)c3csc(N)n3)C(=O)O)cc2)ccc1NCCN. The molecular formula is C27H32N8O10S2. The van der Waals surface area contributed by atoms with E-state index in [0.717, 1.165) is 28.3 Å². The lowest BCUT2D eigenvalue weighted by atomic mass is 9.84. The van der Waals surface area contributed by atoms with Gasteiger partial charge in [0.05, 0.1) is 25.3 Å². The number of carboxylic acids is 1. The number of hydrogen-bond acceptors (Lipinski definition) is 15. The average Bonchev–Trinajstić information content (AvgIpc) is 3.44. The molecule has 2 aromatic heterocycles. The molecule has 3 aromatic rings. The van der Waals surface area contributed by atoms with Crippen molar-refractivity contribution in [2.45, 2.75) is 31.5 Å². The lowest BCUT2D eigenvalue weighted by Gasteiger charge is -2.51. The highest BCUT2D eigenvalue weighted by atomic mass is 32.3. The number of carbonyl (C=O) groups excluding carboxylic acids is 2. The number of nitrogens with zero attached hydrogens (tertiary/aromatic N) is 4. The van der Waals surface area contributed by atoms with E-state index >= 15 is 0 Å². The smallest absolute Gasteiger partial charge is 0.351 e. The van der Waals surface area contributed by atoms with Gasteiger partial charge in [0.15, 0.2) is 10.8 Å². The van der Waals surface area contributed by atoms with Crippen LogP contribution in [0.15, 0.2) is 53.1 Å². The van der Waals surface area contributed by atoms with Crippen LogP contribution in [0.3, 0.4) is 0 Å². The van der Waals surface area contributed by atoms with E-state index in [2.05, 4.69) is 25.1 Å². The molecule has 0 bridgehead atoms. The van der Waals surface area contributed by atoms with Crippen LogP contribution in [-0.2, 0) is 41.0 Å². The van der Waals surface area contributed by atoms with Crippen LogP contribution in [0.4, 0.5) is 10.9 Å². The number of aromatic nitrogens is 2. The van der Waals surface area contributed by atoms with Gasteiger partial charge in [-0.15, -0.1) is 11.3 Å². The summed E-state index contributed by atoms with van der Waals surface area (Å²) in [7, 11) is -3.37. The molecule has 0 spiro atoms. The van der Waals surface area contributed by atoms with Crippen LogP contribution < -0.4 is 31.4 Å². The lowest BCUT2D eigenvalue weighted by Crippen LogP contribution is -2.76. The van der Waals surface area contributed by atoms with E-state index in [0.29, 0.717) is 23.9 Å². The number of nitrogen functional groups attached to an aromatic ring is 1. The number of rotatable bonds is 15. The largest absolute Gasteiger partial charge is 0.724 e. The highest BCUT2D eigenvalue weighted by Crippen LogP contribution is 2.33. The van der Waals surface area contributed by atoms with Crippen LogP contribution in [-0.4, -0.2) is 89.0 Å². The molecular weight excluding hydrogens is 660 g/mol. The fraction of sp³-hybridized carbons (Fsp3) is 0.333. The maximum Gasteiger partial charge on any atom is 0.351 e. The molecule has 1 saturated heterocycles. The average molecular weight is 693 g/mol. The van der Waals surface area contributed by atoms with Gasteiger partial charge in [-0.2, -0.15) is 9.35 Å². The van der Waals surface area contributed by atoms with Gasteiger partial charge in [0, 0.05) is 23.6 Å². The van der Waals surface area contributed by atoms with Crippen molar-refractivity contribution in [3.8, 4) is 16.9 Å². The molecule has 1 aliphatic rings. The monoisotopic (exact) mass is 692 g/mol. The molecule has 1 unspecified atom stereocenters. The molecule has 2 amide bonds. The second-order valence-corrected chi connectivity index (χ2v) is 12.4. The first kappa shape index (κ1) is 35.0. The van der Waals surface area contributed by atoms with Gasteiger partial charge in [-0.1, -0.05) is 17.3 Å². The van der Waals surface area contributed by atoms with E-state index in [1.54, 1.807) is 24.3 Å². The Morgan fingerprint density at radius 1 is 1.23 bits per heavy atom. The topological polar surface area (TPSA) is 265 Å². The highest BCUT2D eigenvalue weighted by Gasteiger charge is 2.57. The molecule has 252 valence electrons. The second kappa shape index (κ2) is 14.3. The molecule has 3 heterocycles. The summed E-state index contributed by atoms with van der Waals surface area (Å²) in [6, 6.07) is 9.40. The van der Waals surface area contributed by atoms with Crippen LogP contribution >= 0.6 is 11.3 Å². The molecule has 0 saturated carbocycles. The summed E-state index contributed by atoms with van der Waals surface area (Å²) >= 11 is 0.951. The van der Waals surface area contributed by atoms with Crippen LogP contribution in [0, 0.1) is 0 Å². The molecule has 0 aliphatic carbocycles. The Labute approximate surface area is 272 Å². The van der Waals surface area contributed by atoms with Crippen molar-refractivity contribution in [1.82, 2.24) is 15.4 Å². The summed E-state index contributed by atoms with van der Waals surface area (Å²) in [6.07, 6.45) is 0.252. The van der Waals surface area contributed by atoms with Gasteiger partial charge in [0.25, 0.3) is 23.7 Å². The van der Waals surface area contributed by atoms with E-state index in [1.807, 2.05) is 29.9 Å². The minimum atomic E-state index is -5.27. The number of ether oxygens (including phenoxy) is 1. The number of benzene rings is 1. The van der Waals surface area contributed by atoms with E-state index < -0.39 is 58.2 Å². The Morgan fingerprint density at radius 2 is 1.91 bits per heavy atom. The Bertz CT molecular complexity index is 1780. The van der Waals surface area contributed by atoms with Crippen LogP contribution in [0.5, 0.6) is 5.75 Å². The number of amides is 2. The van der Waals surface area contributed by atoms with E-state index in [-0.39, 0.29) is 10.8 Å². The van der Waals surface area contributed by atoms with Gasteiger partial charge in [-0.05, 0) is 37.6 Å².